The van der Waals surface area contributed by atoms with E-state index in [4.69, 9.17) is 21.1 Å². The average molecular weight is 619 g/mol. The van der Waals surface area contributed by atoms with Crippen LogP contribution in [0.25, 0.3) is 22.3 Å². The van der Waals surface area contributed by atoms with Crippen molar-refractivity contribution in [3.8, 4) is 17.1 Å². The van der Waals surface area contributed by atoms with E-state index in [1.54, 1.807) is 4.57 Å². The molecule has 1 aliphatic rings. The van der Waals surface area contributed by atoms with Crippen molar-refractivity contribution >= 4 is 39.9 Å². The first-order valence-electron chi connectivity index (χ1n) is 12.6. The summed E-state index contributed by atoms with van der Waals surface area (Å²) in [6.45, 7) is 0.653. The van der Waals surface area contributed by atoms with Gasteiger partial charge in [-0.2, -0.15) is 0 Å². The van der Waals surface area contributed by atoms with Crippen molar-refractivity contribution in [2.24, 2.45) is 0 Å². The van der Waals surface area contributed by atoms with Crippen LogP contribution in [0.5, 0.6) is 5.88 Å². The predicted octanol–water partition coefficient (Wildman–Crippen LogP) is 6.42. The Kier molecular flexibility index (Phi) is 7.56. The molecule has 3 aromatic heterocycles. The number of nitrogens with zero attached hydrogens (tertiary/aromatic N) is 4. The molecule has 6 rings (SSSR count). The summed E-state index contributed by atoms with van der Waals surface area (Å²) in [6, 6.07) is 6.28. The van der Waals surface area contributed by atoms with Gasteiger partial charge in [0.15, 0.2) is 11.6 Å². The first-order valence-corrected chi connectivity index (χ1v) is 13.8. The minimum Gasteiger partial charge on any atom is -0.478 e. The Balaban J connectivity index is 1.32. The minimum atomic E-state index is -1.32. The number of aromatic carboxylic acids is 1. The van der Waals surface area contributed by atoms with E-state index in [9.17, 15) is 18.7 Å². The monoisotopic (exact) mass is 618 g/mol. The maximum absolute atomic E-state index is 15.4. The van der Waals surface area contributed by atoms with Gasteiger partial charge in [0.25, 0.3) is 5.88 Å². The lowest BCUT2D eigenvalue weighted by molar-refractivity contribution is -0.0589. The van der Waals surface area contributed by atoms with Gasteiger partial charge < -0.3 is 19.1 Å². The van der Waals surface area contributed by atoms with E-state index in [-0.39, 0.29) is 64.9 Å². The number of hydrogen-bond acceptors (Lipinski definition) is 7. The third kappa shape index (κ3) is 5.54. The highest BCUT2D eigenvalue weighted by Crippen LogP contribution is 2.31. The summed E-state index contributed by atoms with van der Waals surface area (Å²) >= 11 is 6.99. The van der Waals surface area contributed by atoms with Crippen LogP contribution < -0.4 is 4.74 Å². The third-order valence-electron chi connectivity index (χ3n) is 6.75. The van der Waals surface area contributed by atoms with Crippen molar-refractivity contribution < 1.29 is 36.9 Å². The second-order valence-electron chi connectivity index (χ2n) is 9.48. The number of pyridine rings is 1. The summed E-state index contributed by atoms with van der Waals surface area (Å²) in [6.07, 6.45) is 1.71. The van der Waals surface area contributed by atoms with Crippen LogP contribution in [0.1, 0.15) is 33.2 Å². The maximum Gasteiger partial charge on any atom is 0.335 e. The quantitative estimate of drug-likeness (QED) is 0.190. The van der Waals surface area contributed by atoms with Crippen molar-refractivity contribution in [3.63, 3.8) is 0 Å². The summed E-state index contributed by atoms with van der Waals surface area (Å²) in [5.74, 6) is -4.83. The maximum atomic E-state index is 15.4. The van der Waals surface area contributed by atoms with Crippen molar-refractivity contribution in [3.05, 3.63) is 92.2 Å². The molecule has 1 aliphatic heterocycles. The van der Waals surface area contributed by atoms with Gasteiger partial charge in [-0.1, -0.05) is 11.6 Å². The lowest BCUT2D eigenvalue weighted by Gasteiger charge is -2.27. The molecular formula is C28H19ClF4N4O4S. The average Bonchev–Trinajstić information content (AvgIpc) is 3.50. The summed E-state index contributed by atoms with van der Waals surface area (Å²) in [5, 5.41) is 9.86. The van der Waals surface area contributed by atoms with Gasteiger partial charge in [-0.05, 0) is 48.4 Å². The summed E-state index contributed by atoms with van der Waals surface area (Å²) in [7, 11) is 0. The highest BCUT2D eigenvalue weighted by molar-refractivity contribution is 7.15. The van der Waals surface area contributed by atoms with Crippen LogP contribution in [-0.4, -0.2) is 43.3 Å². The first-order chi connectivity index (χ1) is 20.2. The second kappa shape index (κ2) is 11.3. The topological polar surface area (TPSA) is 99.4 Å². The number of halogens is 5. The fourth-order valence-electron chi connectivity index (χ4n) is 4.57. The van der Waals surface area contributed by atoms with Gasteiger partial charge >= 0.3 is 5.97 Å². The number of ether oxygens (including phenoxy) is 2. The Morgan fingerprint density at radius 1 is 1.10 bits per heavy atom. The van der Waals surface area contributed by atoms with Gasteiger partial charge in [-0.3, -0.25) is 0 Å². The van der Waals surface area contributed by atoms with Crippen molar-refractivity contribution in [1.29, 1.82) is 0 Å². The molecule has 14 heteroatoms. The predicted molar refractivity (Wildman–Crippen MR) is 145 cm³/mol. The SMILES string of the molecule is O=C(O)c1cc(F)c2nc(Cc3cc(F)c(-c4ccc(F)c(OCc5ncc(Cl)s5)n4)cc3F)n(C[C@@H]3CCO3)c2c1. The van der Waals surface area contributed by atoms with Crippen molar-refractivity contribution in [1.82, 2.24) is 19.5 Å². The zero-order valence-electron chi connectivity index (χ0n) is 21.4. The van der Waals surface area contributed by atoms with E-state index in [1.165, 1.54) is 18.3 Å². The van der Waals surface area contributed by atoms with Gasteiger partial charge in [0.1, 0.15) is 38.9 Å². The Labute approximate surface area is 244 Å². The Morgan fingerprint density at radius 2 is 1.90 bits per heavy atom. The second-order valence-corrected chi connectivity index (χ2v) is 11.2. The molecule has 0 amide bonds. The number of imidazole rings is 1. The summed E-state index contributed by atoms with van der Waals surface area (Å²) < 4.78 is 72.8. The summed E-state index contributed by atoms with van der Waals surface area (Å²) in [4.78, 5) is 23.9. The normalized spacial score (nSPS) is 14.7. The number of carboxylic acids is 1. The number of thiazole rings is 1. The van der Waals surface area contributed by atoms with E-state index in [0.717, 1.165) is 42.0 Å². The van der Waals surface area contributed by atoms with Gasteiger partial charge in [0.05, 0.1) is 35.6 Å². The van der Waals surface area contributed by atoms with Crippen LogP contribution in [0.15, 0.2) is 42.6 Å². The molecule has 1 saturated heterocycles. The molecular weight excluding hydrogens is 600 g/mol. The molecule has 4 heterocycles. The molecule has 0 radical (unpaired) electrons. The van der Waals surface area contributed by atoms with Crippen molar-refractivity contribution in [2.75, 3.05) is 6.61 Å². The Morgan fingerprint density at radius 3 is 2.60 bits per heavy atom. The molecule has 0 saturated carbocycles. The molecule has 42 heavy (non-hydrogen) atoms. The first kappa shape index (κ1) is 28.1. The lowest BCUT2D eigenvalue weighted by Crippen LogP contribution is -2.31. The van der Waals surface area contributed by atoms with Crippen LogP contribution in [-0.2, 0) is 24.3 Å². The zero-order chi connectivity index (χ0) is 29.5. The van der Waals surface area contributed by atoms with Gasteiger partial charge in [0, 0.05) is 18.6 Å². The smallest absolute Gasteiger partial charge is 0.335 e. The third-order valence-corrected chi connectivity index (χ3v) is 7.83. The zero-order valence-corrected chi connectivity index (χ0v) is 23.0. The van der Waals surface area contributed by atoms with E-state index in [1.807, 2.05) is 0 Å². The van der Waals surface area contributed by atoms with Gasteiger partial charge in [-0.25, -0.2) is 37.3 Å². The molecule has 1 atom stereocenters. The van der Waals surface area contributed by atoms with Gasteiger partial charge in [-0.15, -0.1) is 11.3 Å². The number of carbonyl (C=O) groups is 1. The highest BCUT2D eigenvalue weighted by Gasteiger charge is 2.25. The van der Waals surface area contributed by atoms with E-state index in [0.29, 0.717) is 16.0 Å². The lowest BCUT2D eigenvalue weighted by atomic mass is 10.0. The molecule has 0 spiro atoms. The Bertz CT molecular complexity index is 1840. The van der Waals surface area contributed by atoms with Gasteiger partial charge in [0.2, 0.25) is 0 Å². The molecule has 216 valence electrons. The molecule has 0 bridgehead atoms. The van der Waals surface area contributed by atoms with E-state index >= 15 is 8.78 Å². The number of fused-ring (bicyclic) bond motifs is 1. The molecule has 1 fully saturated rings. The number of carboxylic acid groups (broad SMARTS) is 1. The molecule has 8 nitrogen and oxygen atoms in total. The number of rotatable bonds is 9. The number of benzene rings is 2. The largest absolute Gasteiger partial charge is 0.478 e. The van der Waals surface area contributed by atoms with Crippen LogP contribution in [0.2, 0.25) is 4.34 Å². The van der Waals surface area contributed by atoms with Crippen LogP contribution in [0.3, 0.4) is 0 Å². The molecule has 0 unspecified atom stereocenters. The van der Waals surface area contributed by atoms with Crippen LogP contribution in [0, 0.1) is 23.3 Å². The minimum absolute atomic E-state index is 0.0656. The molecule has 5 aromatic rings. The number of hydrogen-bond donors (Lipinski definition) is 1. The molecule has 2 aromatic carbocycles. The molecule has 0 aliphatic carbocycles. The van der Waals surface area contributed by atoms with Crippen LogP contribution >= 0.6 is 22.9 Å². The fraction of sp³-hybridized carbons (Fsp3) is 0.214. The highest BCUT2D eigenvalue weighted by atomic mass is 35.5. The van der Waals surface area contributed by atoms with Crippen molar-refractivity contribution in [2.45, 2.75) is 32.1 Å². The van der Waals surface area contributed by atoms with Crippen LogP contribution in [0.4, 0.5) is 17.6 Å². The Hall–Kier alpha value is -4.07. The summed E-state index contributed by atoms with van der Waals surface area (Å²) in [5.41, 5.74) is -0.528. The fourth-order valence-corrected chi connectivity index (χ4v) is 5.44. The molecule has 1 N–H and O–H groups in total. The standard InChI is InChI=1S/C28H19ClF4N4O4S/c29-23-10-34-25(42-23)12-41-27-17(30)1-2-21(35-27)16-9-18(31)13(5-19(16)32)8-24-36-26-20(33)6-14(28(38)39)7-22(26)37(24)11-15-3-4-40-15/h1-2,5-7,9-10,15H,3-4,8,11-12H2,(H,38,39)/t15-/m0/s1. The van der Waals surface area contributed by atoms with E-state index < -0.39 is 35.1 Å². The number of aromatic nitrogens is 4. The van der Waals surface area contributed by atoms with E-state index in [2.05, 4.69) is 15.0 Å².